The van der Waals surface area contributed by atoms with E-state index in [1.165, 1.54) is 38.4 Å². The number of carbonyl (C=O) groups is 1. The smallest absolute Gasteiger partial charge is 0.252 e. The summed E-state index contributed by atoms with van der Waals surface area (Å²) in [4.78, 5) is 21.3. The molecule has 0 unspecified atom stereocenters. The number of rotatable bonds is 11. The molecule has 3 rings (SSSR count). The molecule has 3 aromatic rings. The number of likely N-dealkylation sites (N-methyl/N-ethyl adjacent to an activating group) is 1. The van der Waals surface area contributed by atoms with Crippen LogP contribution in [0.25, 0.3) is 16.3 Å². The van der Waals surface area contributed by atoms with E-state index in [-0.39, 0.29) is 11.4 Å². The fourth-order valence-corrected chi connectivity index (χ4v) is 4.63. The minimum absolute atomic E-state index is 0.0423. The lowest BCUT2D eigenvalue weighted by molar-refractivity contribution is -0.114. The molecule has 1 heterocycles. The molecular formula is C25H29F2N3O4S. The number of methoxy groups -OCH3 is 3. The standard InChI is InChI=1S/C25H29F2N3O4S/c1-6-29(7-2)10-11-30(25-28-23-18(27)14-17(26)15-21(23)35-25)22(31)9-8-16-12-19(32-3)24(34-5)20(13-16)33-4/h8-9,12-15H,6-7,10-11H2,1-5H3/b9-8+. The van der Waals surface area contributed by atoms with Crippen molar-refractivity contribution in [2.75, 3.05) is 52.4 Å². The van der Waals surface area contributed by atoms with Crippen LogP contribution in [0.15, 0.2) is 30.3 Å². The van der Waals surface area contributed by atoms with Gasteiger partial charge in [0.2, 0.25) is 5.75 Å². The highest BCUT2D eigenvalue weighted by molar-refractivity contribution is 7.22. The van der Waals surface area contributed by atoms with E-state index in [0.717, 1.165) is 30.5 Å². The fourth-order valence-electron chi connectivity index (χ4n) is 3.60. The van der Waals surface area contributed by atoms with Crippen molar-refractivity contribution in [2.45, 2.75) is 13.8 Å². The van der Waals surface area contributed by atoms with E-state index in [1.807, 2.05) is 13.8 Å². The number of halogens is 2. The van der Waals surface area contributed by atoms with Crippen molar-refractivity contribution in [3.8, 4) is 17.2 Å². The number of hydrogen-bond donors (Lipinski definition) is 0. The maximum absolute atomic E-state index is 14.3. The van der Waals surface area contributed by atoms with Gasteiger partial charge in [-0.1, -0.05) is 25.2 Å². The molecule has 0 saturated carbocycles. The number of anilines is 1. The van der Waals surface area contributed by atoms with Crippen LogP contribution in [0.4, 0.5) is 13.9 Å². The van der Waals surface area contributed by atoms with Crippen molar-refractivity contribution in [3.05, 3.63) is 47.5 Å². The Balaban J connectivity index is 1.95. The quantitative estimate of drug-likeness (QED) is 0.342. The van der Waals surface area contributed by atoms with Gasteiger partial charge in [-0.2, -0.15) is 0 Å². The predicted octanol–water partition coefficient (Wildman–Crippen LogP) is 4.99. The first-order valence-electron chi connectivity index (χ1n) is 11.1. The third-order valence-corrected chi connectivity index (χ3v) is 6.56. The van der Waals surface area contributed by atoms with E-state index in [0.29, 0.717) is 45.7 Å². The molecule has 0 spiro atoms. The monoisotopic (exact) mass is 505 g/mol. The van der Waals surface area contributed by atoms with Gasteiger partial charge >= 0.3 is 0 Å². The van der Waals surface area contributed by atoms with Crippen LogP contribution in [0.1, 0.15) is 19.4 Å². The van der Waals surface area contributed by atoms with Crippen LogP contribution in [0.2, 0.25) is 0 Å². The maximum atomic E-state index is 14.3. The number of carbonyl (C=O) groups excluding carboxylic acids is 1. The van der Waals surface area contributed by atoms with Crippen LogP contribution in [0, 0.1) is 11.6 Å². The number of hydrogen-bond acceptors (Lipinski definition) is 7. The summed E-state index contributed by atoms with van der Waals surface area (Å²) in [5.74, 6) is -0.420. The minimum Gasteiger partial charge on any atom is -0.493 e. The van der Waals surface area contributed by atoms with Crippen LogP contribution >= 0.6 is 11.3 Å². The molecule has 0 aliphatic heterocycles. The van der Waals surface area contributed by atoms with Gasteiger partial charge < -0.3 is 19.1 Å². The summed E-state index contributed by atoms with van der Waals surface area (Å²) in [7, 11) is 4.54. The zero-order valence-corrected chi connectivity index (χ0v) is 21.2. The Morgan fingerprint density at radius 2 is 1.66 bits per heavy atom. The highest BCUT2D eigenvalue weighted by atomic mass is 32.1. The second-order valence-electron chi connectivity index (χ2n) is 7.54. The van der Waals surface area contributed by atoms with Gasteiger partial charge in [0.15, 0.2) is 22.4 Å². The SMILES string of the molecule is CCN(CC)CCN(C(=O)/C=C/c1cc(OC)c(OC)c(OC)c1)c1nc2c(F)cc(F)cc2s1. The highest BCUT2D eigenvalue weighted by Gasteiger charge is 2.21. The van der Waals surface area contributed by atoms with E-state index >= 15 is 0 Å². The molecule has 0 radical (unpaired) electrons. The molecule has 0 aliphatic carbocycles. The normalized spacial score (nSPS) is 11.4. The fraction of sp³-hybridized carbons (Fsp3) is 0.360. The first-order valence-corrected chi connectivity index (χ1v) is 11.9. The third kappa shape index (κ3) is 6.07. The van der Waals surface area contributed by atoms with Gasteiger partial charge in [0, 0.05) is 25.2 Å². The molecule has 0 saturated heterocycles. The average molecular weight is 506 g/mol. The van der Waals surface area contributed by atoms with Crippen LogP contribution < -0.4 is 19.1 Å². The number of nitrogens with zero attached hydrogens (tertiary/aromatic N) is 3. The molecule has 1 amide bonds. The topological polar surface area (TPSA) is 64.1 Å². The summed E-state index contributed by atoms with van der Waals surface area (Å²) in [5.41, 5.74) is 0.703. The maximum Gasteiger partial charge on any atom is 0.252 e. The lowest BCUT2D eigenvalue weighted by Crippen LogP contribution is -2.38. The number of ether oxygens (including phenoxy) is 3. The molecule has 0 N–H and O–H groups in total. The van der Waals surface area contributed by atoms with Gasteiger partial charge in [0.05, 0.1) is 26.0 Å². The number of amides is 1. The Labute approximate surface area is 207 Å². The largest absolute Gasteiger partial charge is 0.493 e. The summed E-state index contributed by atoms with van der Waals surface area (Å²) in [6, 6.07) is 5.46. The second kappa shape index (κ2) is 11.9. The zero-order chi connectivity index (χ0) is 25.5. The Bertz CT molecular complexity index is 1190. The van der Waals surface area contributed by atoms with Gasteiger partial charge in [-0.3, -0.25) is 9.69 Å². The van der Waals surface area contributed by atoms with Gasteiger partial charge in [0.1, 0.15) is 11.3 Å². The summed E-state index contributed by atoms with van der Waals surface area (Å²) >= 11 is 1.07. The number of aromatic nitrogens is 1. The number of fused-ring (bicyclic) bond motifs is 1. The van der Waals surface area contributed by atoms with Crippen molar-refractivity contribution >= 4 is 38.7 Å². The summed E-state index contributed by atoms with van der Waals surface area (Å²) < 4.78 is 44.4. The molecule has 7 nitrogen and oxygen atoms in total. The number of benzene rings is 2. The molecule has 35 heavy (non-hydrogen) atoms. The van der Waals surface area contributed by atoms with E-state index in [1.54, 1.807) is 18.2 Å². The van der Waals surface area contributed by atoms with Crippen LogP contribution in [-0.4, -0.2) is 63.3 Å². The summed E-state index contributed by atoms with van der Waals surface area (Å²) in [6.07, 6.45) is 3.04. The minimum atomic E-state index is -0.758. The van der Waals surface area contributed by atoms with Crippen molar-refractivity contribution in [3.63, 3.8) is 0 Å². The van der Waals surface area contributed by atoms with Crippen molar-refractivity contribution in [1.82, 2.24) is 9.88 Å². The molecule has 0 fully saturated rings. The van der Waals surface area contributed by atoms with E-state index in [4.69, 9.17) is 14.2 Å². The molecule has 0 atom stereocenters. The van der Waals surface area contributed by atoms with E-state index in [9.17, 15) is 13.6 Å². The highest BCUT2D eigenvalue weighted by Crippen LogP contribution is 2.38. The molecule has 0 aliphatic rings. The predicted molar refractivity (Wildman–Crippen MR) is 135 cm³/mol. The molecular weight excluding hydrogens is 476 g/mol. The Kier molecular flexibility index (Phi) is 9.00. The number of thiazole rings is 1. The Morgan fingerprint density at radius 3 is 2.23 bits per heavy atom. The first-order chi connectivity index (χ1) is 16.8. The van der Waals surface area contributed by atoms with E-state index in [2.05, 4.69) is 9.88 Å². The molecule has 10 heteroatoms. The van der Waals surface area contributed by atoms with Crippen LogP contribution in [0.3, 0.4) is 0 Å². The summed E-state index contributed by atoms with van der Waals surface area (Å²) in [5, 5.41) is 0.302. The molecule has 188 valence electrons. The lowest BCUT2D eigenvalue weighted by atomic mass is 10.1. The Morgan fingerprint density at radius 1 is 1.00 bits per heavy atom. The molecule has 2 aromatic carbocycles. The van der Waals surface area contributed by atoms with Crippen molar-refractivity contribution < 1.29 is 27.8 Å². The van der Waals surface area contributed by atoms with Gasteiger partial charge in [-0.25, -0.2) is 13.8 Å². The van der Waals surface area contributed by atoms with Crippen molar-refractivity contribution in [1.29, 1.82) is 0 Å². The Hall–Kier alpha value is -3.24. The molecule has 1 aromatic heterocycles. The zero-order valence-electron chi connectivity index (χ0n) is 20.4. The summed E-state index contributed by atoms with van der Waals surface area (Å²) in [6.45, 7) is 6.65. The third-order valence-electron chi connectivity index (χ3n) is 5.54. The van der Waals surface area contributed by atoms with E-state index < -0.39 is 11.6 Å². The van der Waals surface area contributed by atoms with Crippen LogP contribution in [0.5, 0.6) is 17.2 Å². The van der Waals surface area contributed by atoms with Crippen molar-refractivity contribution in [2.24, 2.45) is 0 Å². The second-order valence-corrected chi connectivity index (χ2v) is 8.55. The van der Waals surface area contributed by atoms with Crippen LogP contribution in [-0.2, 0) is 4.79 Å². The molecule has 0 bridgehead atoms. The lowest BCUT2D eigenvalue weighted by Gasteiger charge is -2.23. The average Bonchev–Trinajstić information content (AvgIpc) is 3.28. The van der Waals surface area contributed by atoms with Gasteiger partial charge in [-0.05, 0) is 42.9 Å². The van der Waals surface area contributed by atoms with Gasteiger partial charge in [-0.15, -0.1) is 0 Å². The van der Waals surface area contributed by atoms with Gasteiger partial charge in [0.25, 0.3) is 5.91 Å². The first kappa shape index (κ1) is 26.4.